The molecule has 1 aliphatic rings. The Balaban J connectivity index is 2.12. The van der Waals surface area contributed by atoms with E-state index in [2.05, 4.69) is 21.9 Å². The molecule has 0 aromatic rings. The van der Waals surface area contributed by atoms with Crippen LogP contribution < -0.4 is 5.32 Å². The average molecular weight is 268 g/mol. The van der Waals surface area contributed by atoms with Gasteiger partial charge in [0.1, 0.15) is 6.61 Å². The van der Waals surface area contributed by atoms with Gasteiger partial charge in [-0.25, -0.2) is 0 Å². The molecule has 108 valence electrons. The van der Waals surface area contributed by atoms with Gasteiger partial charge in [-0.3, -0.25) is 4.90 Å². The van der Waals surface area contributed by atoms with Crippen molar-refractivity contribution < 1.29 is 17.9 Å². The normalized spacial score (nSPS) is 21.7. The second-order valence-corrected chi connectivity index (χ2v) is 4.70. The summed E-state index contributed by atoms with van der Waals surface area (Å²) in [5.74, 6) is 0. The molecule has 0 aliphatic carbocycles. The maximum Gasteiger partial charge on any atom is 0.411 e. The Morgan fingerprint density at radius 2 is 2.17 bits per heavy atom. The molecule has 0 radical (unpaired) electrons. The van der Waals surface area contributed by atoms with E-state index in [4.69, 9.17) is 0 Å². The van der Waals surface area contributed by atoms with Crippen molar-refractivity contribution in [3.63, 3.8) is 0 Å². The molecule has 0 aromatic carbocycles. The van der Waals surface area contributed by atoms with E-state index < -0.39 is 12.8 Å². The molecule has 1 N–H and O–H groups in total. The number of nitrogens with one attached hydrogen (secondary N) is 1. The molecule has 18 heavy (non-hydrogen) atoms. The van der Waals surface area contributed by atoms with E-state index in [0.717, 1.165) is 38.9 Å². The second-order valence-electron chi connectivity index (χ2n) is 4.70. The van der Waals surface area contributed by atoms with E-state index in [0.29, 0.717) is 12.6 Å². The fraction of sp³-hybridized carbons (Fsp3) is 1.00. The number of alkyl halides is 3. The first-order chi connectivity index (χ1) is 8.53. The van der Waals surface area contributed by atoms with Crippen LogP contribution in [-0.2, 0) is 4.74 Å². The average Bonchev–Trinajstić information content (AvgIpc) is 2.71. The maximum atomic E-state index is 11.9. The number of ether oxygens (including phenoxy) is 1. The zero-order valence-electron chi connectivity index (χ0n) is 10.9. The van der Waals surface area contributed by atoms with E-state index in [1.165, 1.54) is 0 Å². The van der Waals surface area contributed by atoms with Gasteiger partial charge in [0, 0.05) is 19.1 Å². The van der Waals surface area contributed by atoms with Crippen LogP contribution in [0.5, 0.6) is 0 Å². The minimum absolute atomic E-state index is 0.157. The lowest BCUT2D eigenvalue weighted by molar-refractivity contribution is -0.174. The minimum Gasteiger partial charge on any atom is -0.371 e. The van der Waals surface area contributed by atoms with Crippen LogP contribution in [0.25, 0.3) is 0 Å². The quantitative estimate of drug-likeness (QED) is 0.682. The number of rotatable bonds is 8. The SMILES string of the molecule is CCCNCC1CCCN1CCOCC(F)(F)F. The molecule has 0 saturated carbocycles. The standard InChI is InChI=1S/C12H23F3N2O/c1-2-5-16-9-11-4-3-6-17(11)7-8-18-10-12(13,14)15/h11,16H,2-10H2,1H3. The van der Waals surface area contributed by atoms with Crippen LogP contribution in [0, 0.1) is 0 Å². The monoisotopic (exact) mass is 268 g/mol. The van der Waals surface area contributed by atoms with Gasteiger partial charge in [0.05, 0.1) is 6.61 Å². The topological polar surface area (TPSA) is 24.5 Å². The summed E-state index contributed by atoms with van der Waals surface area (Å²) in [6.45, 7) is 4.61. The van der Waals surface area contributed by atoms with Crippen molar-refractivity contribution in [2.75, 3.05) is 39.4 Å². The van der Waals surface area contributed by atoms with Crippen LogP contribution in [-0.4, -0.2) is 56.5 Å². The Bertz CT molecular complexity index is 224. The molecule has 1 saturated heterocycles. The highest BCUT2D eigenvalue weighted by Crippen LogP contribution is 2.17. The number of hydrogen-bond donors (Lipinski definition) is 1. The summed E-state index contributed by atoms with van der Waals surface area (Å²) in [7, 11) is 0. The fourth-order valence-corrected chi connectivity index (χ4v) is 2.24. The van der Waals surface area contributed by atoms with Crippen LogP contribution in [0.1, 0.15) is 26.2 Å². The van der Waals surface area contributed by atoms with Crippen LogP contribution >= 0.6 is 0 Å². The number of likely N-dealkylation sites (tertiary alicyclic amines) is 1. The number of hydrogen-bond acceptors (Lipinski definition) is 3. The van der Waals surface area contributed by atoms with Crippen LogP contribution in [0.4, 0.5) is 13.2 Å². The van der Waals surface area contributed by atoms with Crippen molar-refractivity contribution in [2.45, 2.75) is 38.4 Å². The van der Waals surface area contributed by atoms with E-state index in [1.54, 1.807) is 0 Å². The van der Waals surface area contributed by atoms with Crippen molar-refractivity contribution in [1.82, 2.24) is 10.2 Å². The van der Waals surface area contributed by atoms with Crippen LogP contribution in [0.3, 0.4) is 0 Å². The van der Waals surface area contributed by atoms with Gasteiger partial charge >= 0.3 is 6.18 Å². The van der Waals surface area contributed by atoms with Gasteiger partial charge in [0.2, 0.25) is 0 Å². The highest BCUT2D eigenvalue weighted by Gasteiger charge is 2.28. The lowest BCUT2D eigenvalue weighted by atomic mass is 10.2. The van der Waals surface area contributed by atoms with Gasteiger partial charge in [-0.15, -0.1) is 0 Å². The molecule has 0 bridgehead atoms. The van der Waals surface area contributed by atoms with E-state index in [-0.39, 0.29) is 6.61 Å². The summed E-state index contributed by atoms with van der Waals surface area (Å²) < 4.78 is 40.3. The summed E-state index contributed by atoms with van der Waals surface area (Å²) in [6, 6.07) is 0.450. The van der Waals surface area contributed by atoms with Crippen molar-refractivity contribution >= 4 is 0 Å². The molecule has 1 fully saturated rings. The molecule has 1 atom stereocenters. The van der Waals surface area contributed by atoms with Crippen molar-refractivity contribution in [1.29, 1.82) is 0 Å². The third kappa shape index (κ3) is 6.56. The molecule has 1 heterocycles. The molecular formula is C12H23F3N2O. The maximum absolute atomic E-state index is 11.9. The first kappa shape index (κ1) is 15.7. The molecule has 1 rings (SSSR count). The molecule has 1 unspecified atom stereocenters. The Morgan fingerprint density at radius 3 is 2.83 bits per heavy atom. The lowest BCUT2D eigenvalue weighted by Crippen LogP contribution is -2.40. The third-order valence-corrected chi connectivity index (χ3v) is 3.09. The largest absolute Gasteiger partial charge is 0.411 e. The molecule has 3 nitrogen and oxygen atoms in total. The first-order valence-corrected chi connectivity index (χ1v) is 6.62. The Kier molecular flexibility index (Phi) is 6.96. The van der Waals surface area contributed by atoms with Crippen molar-refractivity contribution in [2.24, 2.45) is 0 Å². The third-order valence-electron chi connectivity index (χ3n) is 3.09. The molecule has 1 aliphatic heterocycles. The second kappa shape index (κ2) is 7.96. The van der Waals surface area contributed by atoms with E-state index >= 15 is 0 Å². The fourth-order valence-electron chi connectivity index (χ4n) is 2.24. The highest BCUT2D eigenvalue weighted by atomic mass is 19.4. The van der Waals surface area contributed by atoms with Gasteiger partial charge in [-0.2, -0.15) is 13.2 Å². The zero-order chi connectivity index (χ0) is 13.4. The van der Waals surface area contributed by atoms with Crippen LogP contribution in [0.15, 0.2) is 0 Å². The van der Waals surface area contributed by atoms with Gasteiger partial charge in [-0.1, -0.05) is 6.92 Å². The van der Waals surface area contributed by atoms with Crippen molar-refractivity contribution in [3.05, 3.63) is 0 Å². The Labute approximate surface area is 107 Å². The summed E-state index contributed by atoms with van der Waals surface area (Å²) in [6.07, 6.45) is -0.873. The van der Waals surface area contributed by atoms with Crippen LogP contribution in [0.2, 0.25) is 0 Å². The van der Waals surface area contributed by atoms with E-state index in [1.807, 2.05) is 0 Å². The molecule has 0 aromatic heterocycles. The minimum atomic E-state index is -4.22. The lowest BCUT2D eigenvalue weighted by Gasteiger charge is -2.24. The molecule has 6 heteroatoms. The van der Waals surface area contributed by atoms with Gasteiger partial charge < -0.3 is 10.1 Å². The van der Waals surface area contributed by atoms with E-state index in [9.17, 15) is 13.2 Å². The predicted molar refractivity (Wildman–Crippen MR) is 64.6 cm³/mol. The Morgan fingerprint density at radius 1 is 1.39 bits per heavy atom. The summed E-state index contributed by atoms with van der Waals surface area (Å²) in [4.78, 5) is 2.22. The van der Waals surface area contributed by atoms with Gasteiger partial charge in [0.15, 0.2) is 0 Å². The summed E-state index contributed by atoms with van der Waals surface area (Å²) in [5.41, 5.74) is 0. The molecule has 0 spiro atoms. The summed E-state index contributed by atoms with van der Waals surface area (Å²) in [5, 5.41) is 3.36. The summed E-state index contributed by atoms with van der Waals surface area (Å²) >= 11 is 0. The highest BCUT2D eigenvalue weighted by molar-refractivity contribution is 4.80. The van der Waals surface area contributed by atoms with Crippen molar-refractivity contribution in [3.8, 4) is 0 Å². The smallest absolute Gasteiger partial charge is 0.371 e. The molecule has 0 amide bonds. The van der Waals surface area contributed by atoms with Gasteiger partial charge in [0.25, 0.3) is 0 Å². The van der Waals surface area contributed by atoms with Gasteiger partial charge in [-0.05, 0) is 32.4 Å². The number of halogens is 3. The predicted octanol–water partition coefficient (Wildman–Crippen LogP) is 2.03. The first-order valence-electron chi connectivity index (χ1n) is 6.62. The number of nitrogens with zero attached hydrogens (tertiary/aromatic N) is 1. The Hall–Kier alpha value is -0.330. The zero-order valence-corrected chi connectivity index (χ0v) is 10.9. The molecular weight excluding hydrogens is 245 g/mol.